The SMILES string of the molecule is C.CCNCCOCCNOC. The van der Waals surface area contributed by atoms with Crippen LogP contribution in [-0.2, 0) is 9.57 Å². The predicted octanol–water partition coefficient (Wildman–Crippen LogP) is 0.400. The summed E-state index contributed by atoms with van der Waals surface area (Å²) in [4.78, 5) is 4.62. The molecule has 0 saturated heterocycles. The fourth-order valence-electron chi connectivity index (χ4n) is 0.639. The molecule has 76 valence electrons. The molecule has 0 aliphatic carbocycles. The summed E-state index contributed by atoms with van der Waals surface area (Å²) >= 11 is 0. The van der Waals surface area contributed by atoms with Crippen LogP contribution in [0.5, 0.6) is 0 Å². The lowest BCUT2D eigenvalue weighted by Gasteiger charge is -2.04. The summed E-state index contributed by atoms with van der Waals surface area (Å²) in [6, 6.07) is 0. The first-order valence-corrected chi connectivity index (χ1v) is 3.96. The number of rotatable bonds is 8. The number of likely N-dealkylation sites (N-methyl/N-ethyl adjacent to an activating group) is 1. The van der Waals surface area contributed by atoms with E-state index in [1.54, 1.807) is 7.11 Å². The summed E-state index contributed by atoms with van der Waals surface area (Å²) in [5.74, 6) is 0. The van der Waals surface area contributed by atoms with Gasteiger partial charge in [0.2, 0.25) is 0 Å². The maximum Gasteiger partial charge on any atom is 0.0614 e. The molecule has 2 N–H and O–H groups in total. The first kappa shape index (κ1) is 14.4. The molecule has 0 aliphatic heterocycles. The molecular formula is C8H22N2O2. The lowest BCUT2D eigenvalue weighted by Crippen LogP contribution is -2.22. The van der Waals surface area contributed by atoms with Crippen LogP contribution in [0.15, 0.2) is 0 Å². The van der Waals surface area contributed by atoms with Gasteiger partial charge in [-0.05, 0) is 6.54 Å². The smallest absolute Gasteiger partial charge is 0.0614 e. The molecule has 0 aliphatic rings. The summed E-state index contributed by atoms with van der Waals surface area (Å²) in [5.41, 5.74) is 2.69. The van der Waals surface area contributed by atoms with Gasteiger partial charge in [-0.1, -0.05) is 14.4 Å². The fraction of sp³-hybridized carbons (Fsp3) is 1.00. The lowest BCUT2D eigenvalue weighted by atomic mass is 10.6. The van der Waals surface area contributed by atoms with Gasteiger partial charge in [-0.25, -0.2) is 5.48 Å². The van der Waals surface area contributed by atoms with Gasteiger partial charge in [0.1, 0.15) is 0 Å². The van der Waals surface area contributed by atoms with Crippen molar-refractivity contribution in [3.05, 3.63) is 0 Å². The molecule has 0 saturated carbocycles. The van der Waals surface area contributed by atoms with Crippen molar-refractivity contribution in [3.8, 4) is 0 Å². The Kier molecular flexibility index (Phi) is 16.1. The van der Waals surface area contributed by atoms with Gasteiger partial charge >= 0.3 is 0 Å². The summed E-state index contributed by atoms with van der Waals surface area (Å²) in [6.07, 6.45) is 0. The lowest BCUT2D eigenvalue weighted by molar-refractivity contribution is 0.0562. The van der Waals surface area contributed by atoms with Crippen LogP contribution in [0.25, 0.3) is 0 Å². The van der Waals surface area contributed by atoms with E-state index in [2.05, 4.69) is 22.6 Å². The zero-order valence-corrected chi connectivity index (χ0v) is 7.35. The highest BCUT2D eigenvalue weighted by atomic mass is 16.6. The van der Waals surface area contributed by atoms with Crippen LogP contribution in [0.3, 0.4) is 0 Å². The third-order valence-corrected chi connectivity index (χ3v) is 1.17. The second kappa shape index (κ2) is 13.4. The molecule has 0 aromatic heterocycles. The number of ether oxygens (including phenoxy) is 1. The first-order valence-electron chi connectivity index (χ1n) is 3.96. The van der Waals surface area contributed by atoms with Crippen LogP contribution in [-0.4, -0.2) is 40.0 Å². The molecule has 0 unspecified atom stereocenters. The van der Waals surface area contributed by atoms with Crippen molar-refractivity contribution in [2.24, 2.45) is 0 Å². The van der Waals surface area contributed by atoms with Gasteiger partial charge in [-0.3, -0.25) is 0 Å². The fourth-order valence-corrected chi connectivity index (χ4v) is 0.639. The van der Waals surface area contributed by atoms with Crippen molar-refractivity contribution in [2.45, 2.75) is 14.4 Å². The van der Waals surface area contributed by atoms with Gasteiger partial charge in [0.15, 0.2) is 0 Å². The standard InChI is InChI=1S/C7H18N2O2.CH4/c1-3-8-4-6-11-7-5-9-10-2;/h8-9H,3-7H2,1-2H3;1H4. The zero-order chi connectivity index (χ0) is 8.36. The third kappa shape index (κ3) is 12.5. The van der Waals surface area contributed by atoms with Gasteiger partial charge in [-0.15, -0.1) is 0 Å². The average Bonchev–Trinajstić information content (AvgIpc) is 2.03. The van der Waals surface area contributed by atoms with Crippen LogP contribution in [0.4, 0.5) is 0 Å². The maximum atomic E-state index is 5.23. The molecule has 0 aromatic rings. The van der Waals surface area contributed by atoms with E-state index in [1.165, 1.54) is 0 Å². The topological polar surface area (TPSA) is 42.5 Å². The van der Waals surface area contributed by atoms with Crippen LogP contribution in [0, 0.1) is 0 Å². The Hall–Kier alpha value is -0.160. The molecule has 0 heterocycles. The van der Waals surface area contributed by atoms with Gasteiger partial charge in [0, 0.05) is 13.1 Å². The summed E-state index contributed by atoms with van der Waals surface area (Å²) < 4.78 is 5.23. The van der Waals surface area contributed by atoms with E-state index in [4.69, 9.17) is 4.74 Å². The monoisotopic (exact) mass is 178 g/mol. The van der Waals surface area contributed by atoms with E-state index in [0.29, 0.717) is 6.61 Å². The van der Waals surface area contributed by atoms with Gasteiger partial charge in [-0.2, -0.15) is 0 Å². The molecule has 0 fully saturated rings. The van der Waals surface area contributed by atoms with E-state index in [9.17, 15) is 0 Å². The number of hydroxylamine groups is 1. The number of nitrogens with one attached hydrogen (secondary N) is 2. The number of hydrogen-bond acceptors (Lipinski definition) is 4. The Morgan fingerprint density at radius 1 is 1.17 bits per heavy atom. The molecule has 12 heavy (non-hydrogen) atoms. The molecule has 0 spiro atoms. The molecule has 0 aromatic carbocycles. The zero-order valence-electron chi connectivity index (χ0n) is 7.35. The van der Waals surface area contributed by atoms with Crippen LogP contribution >= 0.6 is 0 Å². The molecule has 0 rings (SSSR count). The van der Waals surface area contributed by atoms with Crippen molar-refractivity contribution in [1.29, 1.82) is 0 Å². The highest BCUT2D eigenvalue weighted by molar-refractivity contribution is 4.40. The second-order valence-electron chi connectivity index (χ2n) is 2.06. The van der Waals surface area contributed by atoms with E-state index >= 15 is 0 Å². The molecule has 0 bridgehead atoms. The quantitative estimate of drug-likeness (QED) is 0.417. The normalized spacial score (nSPS) is 9.50. The summed E-state index contributed by atoms with van der Waals surface area (Å²) in [5, 5.41) is 3.16. The van der Waals surface area contributed by atoms with Gasteiger partial charge < -0.3 is 14.9 Å². The van der Waals surface area contributed by atoms with E-state index in [0.717, 1.165) is 26.2 Å². The minimum absolute atomic E-state index is 0. The van der Waals surface area contributed by atoms with E-state index in [-0.39, 0.29) is 7.43 Å². The van der Waals surface area contributed by atoms with Crippen LogP contribution in [0.2, 0.25) is 0 Å². The minimum Gasteiger partial charge on any atom is -0.379 e. The van der Waals surface area contributed by atoms with E-state index < -0.39 is 0 Å². The summed E-state index contributed by atoms with van der Waals surface area (Å²) in [6.45, 7) is 6.19. The van der Waals surface area contributed by atoms with Crippen LogP contribution in [0.1, 0.15) is 14.4 Å². The Morgan fingerprint density at radius 2 is 1.83 bits per heavy atom. The largest absolute Gasteiger partial charge is 0.379 e. The van der Waals surface area contributed by atoms with Crippen molar-refractivity contribution >= 4 is 0 Å². The number of hydrogen-bond donors (Lipinski definition) is 2. The molecule has 0 radical (unpaired) electrons. The summed E-state index contributed by atoms with van der Waals surface area (Å²) in [7, 11) is 1.60. The highest BCUT2D eigenvalue weighted by Crippen LogP contribution is 1.71. The Bertz CT molecular complexity index is 64.1. The predicted molar refractivity (Wildman–Crippen MR) is 51.1 cm³/mol. The molecule has 4 nitrogen and oxygen atoms in total. The molecular weight excluding hydrogens is 156 g/mol. The second-order valence-corrected chi connectivity index (χ2v) is 2.06. The molecule has 0 atom stereocenters. The first-order chi connectivity index (χ1) is 5.41. The van der Waals surface area contributed by atoms with Crippen molar-refractivity contribution in [2.75, 3.05) is 40.0 Å². The highest BCUT2D eigenvalue weighted by Gasteiger charge is 1.86. The van der Waals surface area contributed by atoms with Crippen LogP contribution < -0.4 is 10.8 Å². The third-order valence-electron chi connectivity index (χ3n) is 1.17. The van der Waals surface area contributed by atoms with Crippen molar-refractivity contribution in [1.82, 2.24) is 10.8 Å². The molecule has 4 heteroatoms. The van der Waals surface area contributed by atoms with E-state index in [1.807, 2.05) is 0 Å². The average molecular weight is 178 g/mol. The minimum atomic E-state index is 0. The van der Waals surface area contributed by atoms with Gasteiger partial charge in [0.25, 0.3) is 0 Å². The Balaban J connectivity index is 0. The van der Waals surface area contributed by atoms with Crippen molar-refractivity contribution in [3.63, 3.8) is 0 Å². The van der Waals surface area contributed by atoms with Crippen molar-refractivity contribution < 1.29 is 9.57 Å². The molecule has 0 amide bonds. The maximum absolute atomic E-state index is 5.23. The van der Waals surface area contributed by atoms with Gasteiger partial charge in [0.05, 0.1) is 20.3 Å². The Labute approximate surface area is 75.6 Å². The Morgan fingerprint density at radius 3 is 2.42 bits per heavy atom.